The van der Waals surface area contributed by atoms with E-state index < -0.39 is 0 Å². The number of aromatic nitrogens is 2. The molecule has 3 rings (SSSR count). The van der Waals surface area contributed by atoms with Crippen LogP contribution < -0.4 is 0 Å². The molecule has 2 nitrogen and oxygen atoms in total. The lowest BCUT2D eigenvalue weighted by Gasteiger charge is -2.02. The fourth-order valence-electron chi connectivity index (χ4n) is 1.91. The molecule has 3 aromatic rings. The Morgan fingerprint density at radius 1 is 0.882 bits per heavy atom. The molecular weight excluding hydrogens is 208 g/mol. The highest BCUT2D eigenvalue weighted by Gasteiger charge is 1.99. The second kappa shape index (κ2) is 4.34. The van der Waals surface area contributed by atoms with Crippen LogP contribution in [0.25, 0.3) is 10.9 Å². The highest BCUT2D eigenvalue weighted by molar-refractivity contribution is 5.77. The number of nitrogens with zero attached hydrogens (tertiary/aromatic N) is 2. The lowest BCUT2D eigenvalue weighted by Crippen LogP contribution is -1.92. The van der Waals surface area contributed by atoms with Gasteiger partial charge < -0.3 is 0 Å². The van der Waals surface area contributed by atoms with Crippen molar-refractivity contribution >= 4 is 10.9 Å². The lowest BCUT2D eigenvalue weighted by atomic mass is 10.1. The Morgan fingerprint density at radius 2 is 1.76 bits per heavy atom. The largest absolute Gasteiger partial charge is 0.264 e. The van der Waals surface area contributed by atoms with Crippen molar-refractivity contribution in [1.29, 1.82) is 0 Å². The normalized spacial score (nSPS) is 10.6. The van der Waals surface area contributed by atoms with E-state index in [1.807, 2.05) is 18.3 Å². The van der Waals surface area contributed by atoms with E-state index in [-0.39, 0.29) is 0 Å². The Morgan fingerprint density at radius 3 is 2.65 bits per heavy atom. The van der Waals surface area contributed by atoms with Crippen LogP contribution in [0.1, 0.15) is 11.3 Å². The monoisotopic (exact) mass is 220 g/mol. The van der Waals surface area contributed by atoms with Crippen molar-refractivity contribution in [3.05, 3.63) is 72.2 Å². The van der Waals surface area contributed by atoms with Gasteiger partial charge in [-0.1, -0.05) is 30.3 Å². The molecule has 0 unspecified atom stereocenters. The molecule has 0 saturated carbocycles. The highest BCUT2D eigenvalue weighted by atomic mass is 14.7. The molecule has 0 saturated heterocycles. The zero-order valence-corrected chi connectivity index (χ0v) is 9.38. The maximum absolute atomic E-state index is 4.63. The molecule has 0 atom stereocenters. The summed E-state index contributed by atoms with van der Waals surface area (Å²) in [6, 6.07) is 16.5. The van der Waals surface area contributed by atoms with E-state index in [1.54, 1.807) is 6.20 Å². The zero-order chi connectivity index (χ0) is 11.5. The SMILES string of the molecule is c1ccc(Cc2ccc3cnccc3n2)cc1. The molecule has 0 N–H and O–H groups in total. The topological polar surface area (TPSA) is 25.8 Å². The zero-order valence-electron chi connectivity index (χ0n) is 9.38. The summed E-state index contributed by atoms with van der Waals surface area (Å²) in [4.78, 5) is 8.72. The van der Waals surface area contributed by atoms with E-state index >= 15 is 0 Å². The molecule has 0 amide bonds. The molecule has 17 heavy (non-hydrogen) atoms. The molecule has 0 aliphatic rings. The van der Waals surface area contributed by atoms with Gasteiger partial charge in [-0.2, -0.15) is 0 Å². The van der Waals surface area contributed by atoms with E-state index in [0.717, 1.165) is 23.0 Å². The number of hydrogen-bond donors (Lipinski definition) is 0. The van der Waals surface area contributed by atoms with Gasteiger partial charge in [-0.05, 0) is 23.8 Å². The summed E-state index contributed by atoms with van der Waals surface area (Å²) in [7, 11) is 0. The third kappa shape index (κ3) is 2.16. The van der Waals surface area contributed by atoms with Crippen LogP contribution >= 0.6 is 0 Å². The molecule has 0 radical (unpaired) electrons. The van der Waals surface area contributed by atoms with Crippen molar-refractivity contribution in [2.24, 2.45) is 0 Å². The van der Waals surface area contributed by atoms with Crippen LogP contribution in [0.2, 0.25) is 0 Å². The molecule has 0 fully saturated rings. The van der Waals surface area contributed by atoms with Gasteiger partial charge in [-0.25, -0.2) is 0 Å². The van der Waals surface area contributed by atoms with E-state index in [0.29, 0.717) is 0 Å². The minimum Gasteiger partial charge on any atom is -0.264 e. The average molecular weight is 220 g/mol. The summed E-state index contributed by atoms with van der Waals surface area (Å²) in [5.74, 6) is 0. The molecule has 0 spiro atoms. The summed E-state index contributed by atoms with van der Waals surface area (Å²) in [5.41, 5.74) is 3.39. The molecule has 82 valence electrons. The van der Waals surface area contributed by atoms with E-state index in [4.69, 9.17) is 0 Å². The van der Waals surface area contributed by atoms with E-state index in [2.05, 4.69) is 46.4 Å². The summed E-state index contributed by atoms with van der Waals surface area (Å²) in [6.45, 7) is 0. The van der Waals surface area contributed by atoms with Gasteiger partial charge in [0.25, 0.3) is 0 Å². The standard InChI is InChI=1S/C15H12N2/c1-2-4-12(5-3-1)10-14-7-6-13-11-16-9-8-15(13)17-14/h1-9,11H,10H2. The minimum absolute atomic E-state index is 0.874. The van der Waals surface area contributed by atoms with Gasteiger partial charge in [-0.3, -0.25) is 9.97 Å². The van der Waals surface area contributed by atoms with Crippen molar-refractivity contribution in [2.75, 3.05) is 0 Å². The molecular formula is C15H12N2. The molecule has 0 bridgehead atoms. The number of pyridine rings is 2. The van der Waals surface area contributed by atoms with Crippen LogP contribution in [0.3, 0.4) is 0 Å². The van der Waals surface area contributed by atoms with Gasteiger partial charge in [0.05, 0.1) is 5.52 Å². The highest BCUT2D eigenvalue weighted by Crippen LogP contribution is 2.13. The van der Waals surface area contributed by atoms with Gasteiger partial charge in [0.1, 0.15) is 0 Å². The number of fused-ring (bicyclic) bond motifs is 1. The summed E-state index contributed by atoms with van der Waals surface area (Å²) in [6.07, 6.45) is 4.50. The Balaban J connectivity index is 1.96. The van der Waals surface area contributed by atoms with Gasteiger partial charge in [-0.15, -0.1) is 0 Å². The molecule has 2 heterocycles. The van der Waals surface area contributed by atoms with Crippen LogP contribution in [-0.2, 0) is 6.42 Å². The average Bonchev–Trinajstić information content (AvgIpc) is 2.40. The first-order chi connectivity index (χ1) is 8.42. The molecule has 2 aromatic heterocycles. The van der Waals surface area contributed by atoms with Gasteiger partial charge in [0.2, 0.25) is 0 Å². The second-order valence-electron chi connectivity index (χ2n) is 4.03. The van der Waals surface area contributed by atoms with Gasteiger partial charge >= 0.3 is 0 Å². The molecule has 0 aliphatic carbocycles. The predicted molar refractivity (Wildman–Crippen MR) is 68.8 cm³/mol. The quantitative estimate of drug-likeness (QED) is 0.662. The number of rotatable bonds is 2. The smallest absolute Gasteiger partial charge is 0.0736 e. The van der Waals surface area contributed by atoms with Crippen LogP contribution in [-0.4, -0.2) is 9.97 Å². The van der Waals surface area contributed by atoms with Crippen LogP contribution in [0.4, 0.5) is 0 Å². The fraction of sp³-hybridized carbons (Fsp3) is 0.0667. The lowest BCUT2D eigenvalue weighted by molar-refractivity contribution is 1.10. The Bertz CT molecular complexity index is 633. The predicted octanol–water partition coefficient (Wildman–Crippen LogP) is 3.22. The maximum Gasteiger partial charge on any atom is 0.0736 e. The van der Waals surface area contributed by atoms with Crippen LogP contribution in [0, 0.1) is 0 Å². The van der Waals surface area contributed by atoms with E-state index in [9.17, 15) is 0 Å². The number of benzene rings is 1. The van der Waals surface area contributed by atoms with Crippen LogP contribution in [0.5, 0.6) is 0 Å². The van der Waals surface area contributed by atoms with Crippen molar-refractivity contribution in [3.63, 3.8) is 0 Å². The Kier molecular flexibility index (Phi) is 2.54. The van der Waals surface area contributed by atoms with Crippen molar-refractivity contribution < 1.29 is 0 Å². The third-order valence-electron chi connectivity index (χ3n) is 2.78. The third-order valence-corrected chi connectivity index (χ3v) is 2.78. The first-order valence-corrected chi connectivity index (χ1v) is 5.65. The first kappa shape index (κ1) is 9.97. The molecule has 0 aliphatic heterocycles. The molecule has 2 heteroatoms. The van der Waals surface area contributed by atoms with Crippen molar-refractivity contribution in [2.45, 2.75) is 6.42 Å². The minimum atomic E-state index is 0.874. The first-order valence-electron chi connectivity index (χ1n) is 5.65. The maximum atomic E-state index is 4.63. The summed E-state index contributed by atoms with van der Waals surface area (Å²) < 4.78 is 0. The van der Waals surface area contributed by atoms with Gasteiger partial charge in [0.15, 0.2) is 0 Å². The van der Waals surface area contributed by atoms with Crippen LogP contribution in [0.15, 0.2) is 60.9 Å². The molecule has 1 aromatic carbocycles. The Labute approximate surface area is 100.0 Å². The van der Waals surface area contributed by atoms with Crippen molar-refractivity contribution in [3.8, 4) is 0 Å². The summed E-state index contributed by atoms with van der Waals surface area (Å²) >= 11 is 0. The van der Waals surface area contributed by atoms with E-state index in [1.165, 1.54) is 5.56 Å². The Hall–Kier alpha value is -2.22. The summed E-state index contributed by atoms with van der Waals surface area (Å²) in [5, 5.41) is 1.09. The number of hydrogen-bond acceptors (Lipinski definition) is 2. The fourth-order valence-corrected chi connectivity index (χ4v) is 1.91. The van der Waals surface area contributed by atoms with Crippen molar-refractivity contribution in [1.82, 2.24) is 9.97 Å². The van der Waals surface area contributed by atoms with Gasteiger partial charge in [0, 0.05) is 29.9 Å². The second-order valence-corrected chi connectivity index (χ2v) is 4.03.